The molecule has 0 radical (unpaired) electrons. The lowest BCUT2D eigenvalue weighted by molar-refractivity contribution is 0.586. The van der Waals surface area contributed by atoms with Crippen molar-refractivity contribution in [2.24, 2.45) is 0 Å². The average Bonchev–Trinajstić information content (AvgIpc) is 3.98. The van der Waals surface area contributed by atoms with Gasteiger partial charge in [0, 0.05) is 27.8 Å². The summed E-state index contributed by atoms with van der Waals surface area (Å²) in [4.78, 5) is 0. The van der Waals surface area contributed by atoms with Crippen molar-refractivity contribution in [3.8, 4) is 22.6 Å². The van der Waals surface area contributed by atoms with Crippen molar-refractivity contribution < 1.29 is 8.83 Å². The van der Waals surface area contributed by atoms with Crippen molar-refractivity contribution in [2.75, 3.05) is 0 Å². The molecule has 2 heterocycles. The van der Waals surface area contributed by atoms with E-state index in [1.54, 1.807) is 0 Å². The molecule has 10 aromatic rings. The van der Waals surface area contributed by atoms with Crippen LogP contribution >= 0.6 is 0 Å². The summed E-state index contributed by atoms with van der Waals surface area (Å²) in [5.41, 5.74) is 14.0. The van der Waals surface area contributed by atoms with Gasteiger partial charge in [-0.05, 0) is 74.4 Å². The summed E-state index contributed by atoms with van der Waals surface area (Å²) in [6, 6.07) is 82.9. The first-order valence-corrected chi connectivity index (χ1v) is 20.6. The lowest BCUT2D eigenvalue weighted by Crippen LogP contribution is -2.38. The Morgan fingerprint density at radius 2 is 0.783 bits per heavy atom. The fourth-order valence-electron chi connectivity index (χ4n) is 9.47. The van der Waals surface area contributed by atoms with Crippen LogP contribution in [0.3, 0.4) is 0 Å². The van der Waals surface area contributed by atoms with Crippen molar-refractivity contribution in [2.45, 2.75) is 11.3 Å². The van der Waals surface area contributed by atoms with Crippen LogP contribution in [0.25, 0.3) is 61.3 Å². The molecule has 2 aromatic heterocycles. The van der Waals surface area contributed by atoms with E-state index in [9.17, 15) is 0 Å². The van der Waals surface area contributed by atoms with E-state index in [0.717, 1.165) is 55.7 Å². The SMILES string of the molecule is C1=C(c2ccc(-c3cc4ccccc4o3)cc2)C(c2ccccc2)=C(c2ccccc2)C(c2ccccc2)(c2ccc(-c3cc4ccccc4o3)cc2)C1c1ccccc1. The second-order valence-corrected chi connectivity index (χ2v) is 15.6. The normalized spacial score (nSPS) is 16.6. The minimum absolute atomic E-state index is 0.106. The highest BCUT2D eigenvalue weighted by molar-refractivity contribution is 6.19. The molecule has 11 rings (SSSR count). The molecule has 1 aliphatic rings. The zero-order chi connectivity index (χ0) is 39.9. The number of hydrogen-bond donors (Lipinski definition) is 0. The third kappa shape index (κ3) is 6.04. The van der Waals surface area contributed by atoms with Crippen molar-refractivity contribution in [1.82, 2.24) is 0 Å². The second kappa shape index (κ2) is 14.9. The Morgan fingerprint density at radius 1 is 0.350 bits per heavy atom. The molecule has 2 atom stereocenters. The van der Waals surface area contributed by atoms with Crippen molar-refractivity contribution in [3.05, 3.63) is 270 Å². The Balaban J connectivity index is 1.20. The van der Waals surface area contributed by atoms with E-state index >= 15 is 0 Å². The highest BCUT2D eigenvalue weighted by Crippen LogP contribution is 2.61. The summed E-state index contributed by atoms with van der Waals surface area (Å²) < 4.78 is 12.7. The van der Waals surface area contributed by atoms with Gasteiger partial charge in [-0.15, -0.1) is 0 Å². The maximum absolute atomic E-state index is 6.40. The first-order chi connectivity index (χ1) is 29.7. The molecule has 284 valence electrons. The van der Waals surface area contributed by atoms with Crippen molar-refractivity contribution in [1.29, 1.82) is 0 Å². The largest absolute Gasteiger partial charge is 0.456 e. The van der Waals surface area contributed by atoms with Crippen LogP contribution in [0.2, 0.25) is 0 Å². The summed E-state index contributed by atoms with van der Waals surface area (Å²) in [6.45, 7) is 0. The van der Waals surface area contributed by atoms with E-state index in [1.165, 1.54) is 39.0 Å². The van der Waals surface area contributed by atoms with Gasteiger partial charge in [0.1, 0.15) is 22.7 Å². The van der Waals surface area contributed by atoms with Crippen LogP contribution in [0.15, 0.2) is 245 Å². The zero-order valence-electron chi connectivity index (χ0n) is 32.9. The molecule has 1 aliphatic carbocycles. The molecule has 0 fully saturated rings. The van der Waals surface area contributed by atoms with Crippen LogP contribution in [0.1, 0.15) is 39.3 Å². The molecule has 0 bridgehead atoms. The van der Waals surface area contributed by atoms with Crippen LogP contribution in [-0.2, 0) is 5.41 Å². The topological polar surface area (TPSA) is 26.3 Å². The molecule has 60 heavy (non-hydrogen) atoms. The molecule has 2 nitrogen and oxygen atoms in total. The molecule has 2 heteroatoms. The Bertz CT molecular complexity index is 3090. The molecular formula is C58H40O2. The van der Waals surface area contributed by atoms with Crippen LogP contribution in [0.4, 0.5) is 0 Å². The zero-order valence-corrected chi connectivity index (χ0v) is 32.9. The minimum Gasteiger partial charge on any atom is -0.456 e. The van der Waals surface area contributed by atoms with Crippen LogP contribution in [0, 0.1) is 0 Å². The predicted octanol–water partition coefficient (Wildman–Crippen LogP) is 15.3. The van der Waals surface area contributed by atoms with Gasteiger partial charge in [0.05, 0.1) is 5.41 Å². The molecular weight excluding hydrogens is 729 g/mol. The molecule has 8 aromatic carbocycles. The third-order valence-electron chi connectivity index (χ3n) is 12.2. The van der Waals surface area contributed by atoms with E-state index in [0.29, 0.717) is 0 Å². The van der Waals surface area contributed by atoms with Gasteiger partial charge in [-0.2, -0.15) is 0 Å². The molecule has 0 N–H and O–H groups in total. The summed E-state index contributed by atoms with van der Waals surface area (Å²) in [5, 5.41) is 2.20. The number of allylic oxidation sites excluding steroid dienone is 4. The minimum atomic E-state index is -0.667. The van der Waals surface area contributed by atoms with Gasteiger partial charge < -0.3 is 8.83 Å². The van der Waals surface area contributed by atoms with E-state index in [-0.39, 0.29) is 5.92 Å². The Hall–Kier alpha value is -7.68. The summed E-state index contributed by atoms with van der Waals surface area (Å²) in [7, 11) is 0. The predicted molar refractivity (Wildman–Crippen MR) is 247 cm³/mol. The van der Waals surface area contributed by atoms with Crippen molar-refractivity contribution >= 4 is 38.7 Å². The van der Waals surface area contributed by atoms with Gasteiger partial charge in [-0.1, -0.05) is 212 Å². The Labute approximate surface area is 350 Å². The number of fused-ring (bicyclic) bond motifs is 2. The number of furan rings is 2. The van der Waals surface area contributed by atoms with E-state index in [1.807, 2.05) is 24.3 Å². The summed E-state index contributed by atoms with van der Waals surface area (Å²) >= 11 is 0. The smallest absolute Gasteiger partial charge is 0.135 e. The van der Waals surface area contributed by atoms with Crippen LogP contribution in [-0.4, -0.2) is 0 Å². The molecule has 0 saturated carbocycles. The van der Waals surface area contributed by atoms with Gasteiger partial charge in [-0.3, -0.25) is 0 Å². The van der Waals surface area contributed by atoms with Crippen LogP contribution < -0.4 is 0 Å². The summed E-state index contributed by atoms with van der Waals surface area (Å²) in [5.74, 6) is 1.61. The molecule has 0 spiro atoms. The second-order valence-electron chi connectivity index (χ2n) is 15.6. The lowest BCUT2D eigenvalue weighted by Gasteiger charge is -2.48. The standard InChI is InChI=1S/C58H40O2/c1-5-17-41(18-6-1)51-39-50(40-29-31-42(32-30-40)54-37-46-23-13-15-27-52(46)59-54)56(44-19-7-2-8-20-44)57(45-21-9-3-10-22-45)58(51,48-25-11-4-12-26-48)49-35-33-43(34-36-49)55-38-47-24-14-16-28-53(47)60-55/h1-39,51H. The number of hydrogen-bond acceptors (Lipinski definition) is 2. The first-order valence-electron chi connectivity index (χ1n) is 20.6. The van der Waals surface area contributed by atoms with Gasteiger partial charge >= 0.3 is 0 Å². The Kier molecular flexibility index (Phi) is 8.82. The van der Waals surface area contributed by atoms with Crippen LogP contribution in [0.5, 0.6) is 0 Å². The number of rotatable bonds is 8. The van der Waals surface area contributed by atoms with Gasteiger partial charge in [0.25, 0.3) is 0 Å². The van der Waals surface area contributed by atoms with Crippen molar-refractivity contribution in [3.63, 3.8) is 0 Å². The average molecular weight is 769 g/mol. The quantitative estimate of drug-likeness (QED) is 0.154. The lowest BCUT2D eigenvalue weighted by atomic mass is 9.53. The van der Waals surface area contributed by atoms with E-state index < -0.39 is 5.41 Å². The highest BCUT2D eigenvalue weighted by atomic mass is 16.3. The molecule has 2 unspecified atom stereocenters. The number of para-hydroxylation sites is 2. The maximum atomic E-state index is 6.40. The van der Waals surface area contributed by atoms with E-state index in [4.69, 9.17) is 8.83 Å². The highest BCUT2D eigenvalue weighted by Gasteiger charge is 2.50. The fourth-order valence-corrected chi connectivity index (χ4v) is 9.47. The van der Waals surface area contributed by atoms with E-state index in [2.05, 4.69) is 212 Å². The maximum Gasteiger partial charge on any atom is 0.135 e. The Morgan fingerprint density at radius 3 is 1.33 bits per heavy atom. The summed E-state index contributed by atoms with van der Waals surface area (Å²) in [6.07, 6.45) is 2.54. The van der Waals surface area contributed by atoms with Gasteiger partial charge in [0.15, 0.2) is 0 Å². The first kappa shape index (κ1) is 35.5. The molecule has 0 saturated heterocycles. The molecule has 0 aliphatic heterocycles. The number of benzene rings is 8. The van der Waals surface area contributed by atoms with Gasteiger partial charge in [0.2, 0.25) is 0 Å². The monoisotopic (exact) mass is 768 g/mol. The molecule has 0 amide bonds. The third-order valence-corrected chi connectivity index (χ3v) is 12.2. The van der Waals surface area contributed by atoms with Gasteiger partial charge in [-0.25, -0.2) is 0 Å². The fraction of sp³-hybridized carbons (Fsp3) is 0.0345.